The van der Waals surface area contributed by atoms with Crippen molar-refractivity contribution in [2.24, 2.45) is 5.73 Å². The predicted octanol–water partition coefficient (Wildman–Crippen LogP) is 1.75. The van der Waals surface area contributed by atoms with Crippen molar-refractivity contribution in [2.45, 2.75) is 6.92 Å². The van der Waals surface area contributed by atoms with Gasteiger partial charge in [-0.3, -0.25) is 4.79 Å². The van der Waals surface area contributed by atoms with Crippen molar-refractivity contribution in [3.05, 3.63) is 34.9 Å². The lowest BCUT2D eigenvalue weighted by molar-refractivity contribution is -0.112. The molecule has 0 bridgehead atoms. The molecule has 0 aliphatic carbocycles. The first-order chi connectivity index (χ1) is 7.54. The van der Waals surface area contributed by atoms with Crippen LogP contribution in [0.4, 0.5) is 5.69 Å². The molecule has 0 radical (unpaired) electrons. The zero-order chi connectivity index (χ0) is 12.1. The van der Waals surface area contributed by atoms with Crippen molar-refractivity contribution in [1.82, 2.24) is 0 Å². The number of rotatable bonds is 3. The first-order valence-electron chi connectivity index (χ1n) is 4.65. The summed E-state index contributed by atoms with van der Waals surface area (Å²) in [6.07, 6.45) is 0. The fourth-order valence-corrected chi connectivity index (χ4v) is 1.10. The van der Waals surface area contributed by atoms with E-state index in [4.69, 9.17) is 10.5 Å². The van der Waals surface area contributed by atoms with E-state index in [0.717, 1.165) is 5.75 Å². The molecule has 0 fully saturated rings. The Bertz CT molecular complexity index is 408. The summed E-state index contributed by atoms with van der Waals surface area (Å²) < 4.78 is 5.00. The number of benzene rings is 1. The van der Waals surface area contributed by atoms with Crippen LogP contribution >= 0.6 is 12.6 Å². The van der Waals surface area contributed by atoms with Crippen LogP contribution in [0.15, 0.2) is 34.9 Å². The number of nitrogens with one attached hydrogen (secondary N) is 1. The average molecular weight is 238 g/mol. The minimum atomic E-state index is -0.325. The summed E-state index contributed by atoms with van der Waals surface area (Å²) in [5, 5.41) is 2.67. The molecule has 86 valence electrons. The van der Waals surface area contributed by atoms with Gasteiger partial charge in [-0.15, -0.1) is 12.6 Å². The molecular formula is C11H14N2O2S. The Morgan fingerprint density at radius 1 is 1.38 bits per heavy atom. The van der Waals surface area contributed by atoms with E-state index >= 15 is 0 Å². The Balaban J connectivity index is 2.74. The molecule has 0 saturated carbocycles. The SMILES string of the molecule is COc1ccc(NC(=O)/C(S)=C(/C)N)cc1. The van der Waals surface area contributed by atoms with Gasteiger partial charge in [-0.05, 0) is 31.2 Å². The summed E-state index contributed by atoms with van der Waals surface area (Å²) in [6.45, 7) is 1.62. The van der Waals surface area contributed by atoms with Crippen LogP contribution in [0.2, 0.25) is 0 Å². The molecule has 0 unspecified atom stereocenters. The average Bonchev–Trinajstić information content (AvgIpc) is 2.28. The Labute approximate surface area is 99.9 Å². The molecule has 0 saturated heterocycles. The van der Waals surface area contributed by atoms with Gasteiger partial charge < -0.3 is 15.8 Å². The summed E-state index contributed by atoms with van der Waals surface area (Å²) in [5.41, 5.74) is 6.51. The Kier molecular flexibility index (Phi) is 4.25. The fourth-order valence-electron chi connectivity index (χ4n) is 1.04. The molecule has 0 aliphatic heterocycles. The Hall–Kier alpha value is -1.62. The Morgan fingerprint density at radius 3 is 2.38 bits per heavy atom. The number of anilines is 1. The van der Waals surface area contributed by atoms with Gasteiger partial charge in [0.15, 0.2) is 0 Å². The number of carbonyl (C=O) groups is 1. The molecule has 16 heavy (non-hydrogen) atoms. The van der Waals surface area contributed by atoms with E-state index in [-0.39, 0.29) is 10.8 Å². The van der Waals surface area contributed by atoms with Crippen LogP contribution in [0.5, 0.6) is 5.75 Å². The molecule has 1 aromatic carbocycles. The third-order valence-corrected chi connectivity index (χ3v) is 2.49. The van der Waals surface area contributed by atoms with Gasteiger partial charge in [0.1, 0.15) is 5.75 Å². The number of hydrogen-bond donors (Lipinski definition) is 3. The minimum Gasteiger partial charge on any atom is -0.497 e. The van der Waals surface area contributed by atoms with Gasteiger partial charge in [-0.2, -0.15) is 0 Å². The van der Waals surface area contributed by atoms with E-state index in [1.165, 1.54) is 0 Å². The molecule has 0 atom stereocenters. The molecular weight excluding hydrogens is 224 g/mol. The van der Waals surface area contributed by atoms with Gasteiger partial charge in [0.2, 0.25) is 0 Å². The van der Waals surface area contributed by atoms with Gasteiger partial charge in [0, 0.05) is 11.4 Å². The number of nitrogens with two attached hydrogens (primary N) is 1. The molecule has 4 nitrogen and oxygen atoms in total. The molecule has 1 amide bonds. The maximum Gasteiger partial charge on any atom is 0.263 e. The fraction of sp³-hybridized carbons (Fsp3) is 0.182. The highest BCUT2D eigenvalue weighted by Crippen LogP contribution is 2.16. The third-order valence-electron chi connectivity index (χ3n) is 1.94. The molecule has 1 aromatic rings. The maximum atomic E-state index is 11.6. The number of methoxy groups -OCH3 is 1. The lowest BCUT2D eigenvalue weighted by Crippen LogP contribution is -2.14. The summed E-state index contributed by atoms with van der Waals surface area (Å²) in [7, 11) is 1.58. The second kappa shape index (κ2) is 5.46. The first kappa shape index (κ1) is 12.4. The van der Waals surface area contributed by atoms with Crippen molar-refractivity contribution in [3.63, 3.8) is 0 Å². The van der Waals surface area contributed by atoms with Crippen molar-refractivity contribution in [1.29, 1.82) is 0 Å². The number of ether oxygens (including phenoxy) is 1. The van der Waals surface area contributed by atoms with Crippen LogP contribution in [0.25, 0.3) is 0 Å². The van der Waals surface area contributed by atoms with Crippen molar-refractivity contribution in [3.8, 4) is 5.75 Å². The van der Waals surface area contributed by atoms with Crippen LogP contribution in [0.3, 0.4) is 0 Å². The molecule has 0 spiro atoms. The molecule has 0 aliphatic rings. The molecule has 0 aromatic heterocycles. The predicted molar refractivity (Wildman–Crippen MR) is 67.5 cm³/mol. The molecule has 0 heterocycles. The largest absolute Gasteiger partial charge is 0.497 e. The Morgan fingerprint density at radius 2 is 1.94 bits per heavy atom. The van der Waals surface area contributed by atoms with Gasteiger partial charge in [0.25, 0.3) is 5.91 Å². The number of allylic oxidation sites excluding steroid dienone is 1. The second-order valence-corrected chi connectivity index (χ2v) is 3.66. The zero-order valence-electron chi connectivity index (χ0n) is 9.15. The standard InChI is InChI=1S/C11H14N2O2S/c1-7(12)10(16)11(14)13-8-3-5-9(15-2)6-4-8/h3-6,16H,12H2,1-2H3,(H,13,14)/b10-7+. The smallest absolute Gasteiger partial charge is 0.263 e. The van der Waals surface area contributed by atoms with E-state index in [1.807, 2.05) is 0 Å². The highest BCUT2D eigenvalue weighted by molar-refractivity contribution is 7.85. The van der Waals surface area contributed by atoms with E-state index in [0.29, 0.717) is 11.4 Å². The molecule has 5 heteroatoms. The van der Waals surface area contributed by atoms with Crippen LogP contribution in [0.1, 0.15) is 6.92 Å². The summed E-state index contributed by atoms with van der Waals surface area (Å²) >= 11 is 4.01. The highest BCUT2D eigenvalue weighted by atomic mass is 32.1. The van der Waals surface area contributed by atoms with Crippen LogP contribution in [0, 0.1) is 0 Å². The van der Waals surface area contributed by atoms with Gasteiger partial charge >= 0.3 is 0 Å². The summed E-state index contributed by atoms with van der Waals surface area (Å²) in [5.74, 6) is 0.406. The van der Waals surface area contributed by atoms with E-state index in [9.17, 15) is 4.79 Å². The maximum absolute atomic E-state index is 11.6. The van der Waals surface area contributed by atoms with E-state index in [1.54, 1.807) is 38.3 Å². The molecule has 3 N–H and O–H groups in total. The van der Waals surface area contributed by atoms with Crippen molar-refractivity contribution < 1.29 is 9.53 Å². The summed E-state index contributed by atoms with van der Waals surface area (Å²) in [6, 6.07) is 6.99. The monoisotopic (exact) mass is 238 g/mol. The lowest BCUT2D eigenvalue weighted by atomic mass is 10.3. The van der Waals surface area contributed by atoms with Gasteiger partial charge in [-0.1, -0.05) is 0 Å². The second-order valence-electron chi connectivity index (χ2n) is 3.21. The van der Waals surface area contributed by atoms with Gasteiger partial charge in [-0.25, -0.2) is 0 Å². The van der Waals surface area contributed by atoms with Crippen LogP contribution in [-0.2, 0) is 4.79 Å². The van der Waals surface area contributed by atoms with Gasteiger partial charge in [0.05, 0.1) is 12.0 Å². The molecule has 1 rings (SSSR count). The van der Waals surface area contributed by atoms with E-state index < -0.39 is 0 Å². The van der Waals surface area contributed by atoms with Crippen LogP contribution < -0.4 is 15.8 Å². The van der Waals surface area contributed by atoms with Crippen molar-refractivity contribution >= 4 is 24.2 Å². The normalized spacial score (nSPS) is 11.7. The number of thiol groups is 1. The number of carbonyl (C=O) groups excluding carboxylic acids is 1. The van der Waals surface area contributed by atoms with E-state index in [2.05, 4.69) is 17.9 Å². The van der Waals surface area contributed by atoms with Crippen molar-refractivity contribution in [2.75, 3.05) is 12.4 Å². The quantitative estimate of drug-likeness (QED) is 0.555. The third kappa shape index (κ3) is 3.20. The number of hydrogen-bond acceptors (Lipinski definition) is 4. The highest BCUT2D eigenvalue weighted by Gasteiger charge is 2.07. The minimum absolute atomic E-state index is 0.218. The van der Waals surface area contributed by atoms with Crippen LogP contribution in [-0.4, -0.2) is 13.0 Å². The lowest BCUT2D eigenvalue weighted by Gasteiger charge is -2.06. The topological polar surface area (TPSA) is 64.3 Å². The zero-order valence-corrected chi connectivity index (χ0v) is 10.0. The first-order valence-corrected chi connectivity index (χ1v) is 5.10. The summed E-state index contributed by atoms with van der Waals surface area (Å²) in [4.78, 5) is 11.8. The number of amides is 1.